The lowest BCUT2D eigenvalue weighted by atomic mass is 9.92. The average Bonchev–Trinajstić information content (AvgIpc) is 2.58. The van der Waals surface area contributed by atoms with Gasteiger partial charge in [-0.25, -0.2) is 9.97 Å². The Hall–Kier alpha value is -2.01. The summed E-state index contributed by atoms with van der Waals surface area (Å²) in [5.74, 6) is 2.27. The quantitative estimate of drug-likeness (QED) is 0.919. The molecule has 0 amide bonds. The SMILES string of the molecule is CCN1CCC(Cc2cnc(Nc3ccccn3)cn2)CC1. The number of likely N-dealkylation sites (tertiary alicyclic amines) is 1. The van der Waals surface area contributed by atoms with E-state index in [9.17, 15) is 0 Å². The van der Waals surface area contributed by atoms with Gasteiger partial charge in [0.1, 0.15) is 11.6 Å². The summed E-state index contributed by atoms with van der Waals surface area (Å²) in [6.45, 7) is 5.83. The molecule has 3 heterocycles. The van der Waals surface area contributed by atoms with Crippen LogP contribution in [0.1, 0.15) is 25.5 Å². The average molecular weight is 297 g/mol. The van der Waals surface area contributed by atoms with Crippen molar-refractivity contribution >= 4 is 11.6 Å². The van der Waals surface area contributed by atoms with Crippen molar-refractivity contribution in [3.05, 3.63) is 42.5 Å². The Bertz CT molecular complexity index is 561. The van der Waals surface area contributed by atoms with Gasteiger partial charge < -0.3 is 10.2 Å². The van der Waals surface area contributed by atoms with Gasteiger partial charge in [-0.2, -0.15) is 0 Å². The fraction of sp³-hybridized carbons (Fsp3) is 0.471. The molecule has 5 heteroatoms. The predicted molar refractivity (Wildman–Crippen MR) is 88.1 cm³/mol. The second kappa shape index (κ2) is 7.31. The number of rotatable bonds is 5. The first-order valence-electron chi connectivity index (χ1n) is 8.05. The van der Waals surface area contributed by atoms with E-state index in [4.69, 9.17) is 0 Å². The van der Waals surface area contributed by atoms with Gasteiger partial charge in [0.05, 0.1) is 18.1 Å². The minimum atomic E-state index is 0.739. The van der Waals surface area contributed by atoms with E-state index in [2.05, 4.69) is 32.1 Å². The Morgan fingerprint density at radius 1 is 1.09 bits per heavy atom. The lowest BCUT2D eigenvalue weighted by Crippen LogP contribution is -2.34. The number of hydrogen-bond acceptors (Lipinski definition) is 5. The lowest BCUT2D eigenvalue weighted by Gasteiger charge is -2.30. The number of hydrogen-bond donors (Lipinski definition) is 1. The number of pyridine rings is 1. The Kier molecular flexibility index (Phi) is 4.96. The Morgan fingerprint density at radius 2 is 1.95 bits per heavy atom. The minimum absolute atomic E-state index is 0.739. The summed E-state index contributed by atoms with van der Waals surface area (Å²) in [4.78, 5) is 15.7. The zero-order valence-corrected chi connectivity index (χ0v) is 13.1. The molecule has 0 spiro atoms. The number of nitrogens with zero attached hydrogens (tertiary/aromatic N) is 4. The zero-order valence-electron chi connectivity index (χ0n) is 13.1. The molecule has 0 saturated carbocycles. The van der Waals surface area contributed by atoms with Crippen LogP contribution in [0.15, 0.2) is 36.8 Å². The first-order chi connectivity index (χ1) is 10.8. The van der Waals surface area contributed by atoms with E-state index in [0.717, 1.165) is 29.7 Å². The third-order valence-electron chi connectivity index (χ3n) is 4.28. The Labute approximate surface area is 131 Å². The Morgan fingerprint density at radius 3 is 2.59 bits per heavy atom. The van der Waals surface area contributed by atoms with E-state index >= 15 is 0 Å². The highest BCUT2D eigenvalue weighted by Crippen LogP contribution is 2.21. The monoisotopic (exact) mass is 297 g/mol. The van der Waals surface area contributed by atoms with Crippen LogP contribution < -0.4 is 5.32 Å². The normalized spacial score (nSPS) is 16.6. The van der Waals surface area contributed by atoms with Crippen LogP contribution in [0, 0.1) is 5.92 Å². The molecular formula is C17H23N5. The highest BCUT2D eigenvalue weighted by atomic mass is 15.1. The summed E-state index contributed by atoms with van der Waals surface area (Å²) in [5, 5.41) is 3.16. The predicted octanol–water partition coefficient (Wildman–Crippen LogP) is 2.89. The van der Waals surface area contributed by atoms with E-state index in [1.54, 1.807) is 12.4 Å². The van der Waals surface area contributed by atoms with E-state index in [1.165, 1.54) is 32.5 Å². The van der Waals surface area contributed by atoms with Crippen LogP contribution in [-0.4, -0.2) is 39.5 Å². The molecule has 1 aliphatic heterocycles. The summed E-state index contributed by atoms with van der Waals surface area (Å²) in [7, 11) is 0. The van der Waals surface area contributed by atoms with Gasteiger partial charge in [-0.15, -0.1) is 0 Å². The molecule has 0 aromatic carbocycles. The molecule has 2 aromatic heterocycles. The molecule has 0 radical (unpaired) electrons. The second-order valence-corrected chi connectivity index (χ2v) is 5.81. The number of nitrogens with one attached hydrogen (secondary N) is 1. The minimum Gasteiger partial charge on any atom is -0.324 e. The van der Waals surface area contributed by atoms with Gasteiger partial charge in [0, 0.05) is 6.20 Å². The van der Waals surface area contributed by atoms with Crippen molar-refractivity contribution in [1.29, 1.82) is 0 Å². The van der Waals surface area contributed by atoms with Crippen LogP contribution in [0.5, 0.6) is 0 Å². The summed E-state index contributed by atoms with van der Waals surface area (Å²) in [6, 6.07) is 5.75. The molecule has 1 fully saturated rings. The lowest BCUT2D eigenvalue weighted by molar-refractivity contribution is 0.191. The Balaban J connectivity index is 1.53. The maximum atomic E-state index is 4.54. The molecule has 2 aromatic rings. The van der Waals surface area contributed by atoms with Crippen LogP contribution in [0.25, 0.3) is 0 Å². The third-order valence-corrected chi connectivity index (χ3v) is 4.28. The fourth-order valence-corrected chi connectivity index (χ4v) is 2.90. The van der Waals surface area contributed by atoms with Crippen molar-refractivity contribution < 1.29 is 0 Å². The molecule has 116 valence electrons. The first kappa shape index (κ1) is 14.9. The summed E-state index contributed by atoms with van der Waals surface area (Å²) in [6.07, 6.45) is 9.01. The van der Waals surface area contributed by atoms with Crippen molar-refractivity contribution in [3.63, 3.8) is 0 Å². The van der Waals surface area contributed by atoms with E-state index < -0.39 is 0 Å². The molecular weight excluding hydrogens is 274 g/mol. The molecule has 22 heavy (non-hydrogen) atoms. The van der Waals surface area contributed by atoms with Gasteiger partial charge in [0.15, 0.2) is 0 Å². The number of anilines is 2. The summed E-state index contributed by atoms with van der Waals surface area (Å²) < 4.78 is 0. The molecule has 0 bridgehead atoms. The standard InChI is InChI=1S/C17H23N5/c1-2-22-9-6-14(7-10-22)11-15-12-20-17(13-19-15)21-16-5-3-4-8-18-16/h3-5,8,12-14H,2,6-7,9-11H2,1H3,(H,18,20,21). The second-order valence-electron chi connectivity index (χ2n) is 5.81. The van der Waals surface area contributed by atoms with Crippen molar-refractivity contribution in [1.82, 2.24) is 19.9 Å². The summed E-state index contributed by atoms with van der Waals surface area (Å²) >= 11 is 0. The largest absolute Gasteiger partial charge is 0.324 e. The van der Waals surface area contributed by atoms with Crippen LogP contribution in [0.4, 0.5) is 11.6 Å². The van der Waals surface area contributed by atoms with Crippen molar-refractivity contribution in [2.24, 2.45) is 5.92 Å². The van der Waals surface area contributed by atoms with Gasteiger partial charge in [0.25, 0.3) is 0 Å². The van der Waals surface area contributed by atoms with E-state index in [1.807, 2.05) is 24.4 Å². The zero-order chi connectivity index (χ0) is 15.2. The van der Waals surface area contributed by atoms with Crippen LogP contribution in [0.3, 0.4) is 0 Å². The highest BCUT2D eigenvalue weighted by Gasteiger charge is 2.18. The summed E-state index contributed by atoms with van der Waals surface area (Å²) in [5.41, 5.74) is 1.08. The topological polar surface area (TPSA) is 53.9 Å². The molecule has 1 saturated heterocycles. The van der Waals surface area contributed by atoms with Gasteiger partial charge in [-0.3, -0.25) is 4.98 Å². The number of piperidine rings is 1. The fourth-order valence-electron chi connectivity index (χ4n) is 2.90. The number of aromatic nitrogens is 3. The first-order valence-corrected chi connectivity index (χ1v) is 8.05. The maximum absolute atomic E-state index is 4.54. The highest BCUT2D eigenvalue weighted by molar-refractivity contribution is 5.49. The van der Waals surface area contributed by atoms with E-state index in [-0.39, 0.29) is 0 Å². The van der Waals surface area contributed by atoms with Gasteiger partial charge in [0.2, 0.25) is 0 Å². The van der Waals surface area contributed by atoms with Crippen molar-refractivity contribution in [2.75, 3.05) is 25.0 Å². The van der Waals surface area contributed by atoms with Crippen molar-refractivity contribution in [3.8, 4) is 0 Å². The van der Waals surface area contributed by atoms with Crippen molar-refractivity contribution in [2.45, 2.75) is 26.2 Å². The molecule has 5 nitrogen and oxygen atoms in total. The molecule has 1 N–H and O–H groups in total. The van der Waals surface area contributed by atoms with Crippen LogP contribution >= 0.6 is 0 Å². The van der Waals surface area contributed by atoms with Gasteiger partial charge in [-0.1, -0.05) is 13.0 Å². The van der Waals surface area contributed by atoms with Gasteiger partial charge in [-0.05, 0) is 56.9 Å². The molecule has 0 aliphatic carbocycles. The van der Waals surface area contributed by atoms with Gasteiger partial charge >= 0.3 is 0 Å². The third kappa shape index (κ3) is 4.01. The molecule has 1 aliphatic rings. The van der Waals surface area contributed by atoms with Crippen LogP contribution in [-0.2, 0) is 6.42 Å². The smallest absolute Gasteiger partial charge is 0.150 e. The molecule has 3 rings (SSSR count). The van der Waals surface area contributed by atoms with Crippen LogP contribution in [0.2, 0.25) is 0 Å². The molecule has 0 atom stereocenters. The molecule has 0 unspecified atom stereocenters. The van der Waals surface area contributed by atoms with E-state index in [0.29, 0.717) is 0 Å². The maximum Gasteiger partial charge on any atom is 0.150 e.